The summed E-state index contributed by atoms with van der Waals surface area (Å²) in [4.78, 5) is 17.3. The molecular weight excluding hydrogens is 397 g/mol. The predicted molar refractivity (Wildman–Crippen MR) is 111 cm³/mol. The summed E-state index contributed by atoms with van der Waals surface area (Å²) in [6, 6.07) is 9.75. The summed E-state index contributed by atoms with van der Waals surface area (Å²) < 4.78 is 0. The third-order valence-electron chi connectivity index (χ3n) is 5.09. The molecule has 3 aromatic rings. The molecule has 1 aliphatic rings. The van der Waals surface area contributed by atoms with E-state index in [1.165, 1.54) is 0 Å². The number of nitrogens with one attached hydrogen (secondary N) is 3. The van der Waals surface area contributed by atoms with Crippen LogP contribution in [0.5, 0.6) is 0 Å². The van der Waals surface area contributed by atoms with Crippen LogP contribution in [0.15, 0.2) is 42.7 Å². The molecule has 3 N–H and O–H groups in total. The fourth-order valence-electron chi connectivity index (χ4n) is 3.51. The molecule has 3 heterocycles. The molecule has 1 amide bonds. The first-order chi connectivity index (χ1) is 13.6. The van der Waals surface area contributed by atoms with Crippen molar-refractivity contribution in [3.8, 4) is 11.3 Å². The molecule has 4 rings (SSSR count). The summed E-state index contributed by atoms with van der Waals surface area (Å²) in [5, 5.41) is 12.1. The van der Waals surface area contributed by atoms with Crippen molar-refractivity contribution in [2.75, 3.05) is 13.1 Å². The van der Waals surface area contributed by atoms with Crippen LogP contribution in [0.25, 0.3) is 11.3 Å². The Morgan fingerprint density at radius 3 is 2.61 bits per heavy atom. The van der Waals surface area contributed by atoms with Gasteiger partial charge in [-0.1, -0.05) is 35.3 Å². The average Bonchev–Trinajstić information content (AvgIpc) is 3.36. The number of rotatable bonds is 5. The number of aromatic nitrogens is 3. The van der Waals surface area contributed by atoms with E-state index in [1.807, 2.05) is 35.4 Å². The SMILES string of the molecule is O=C(c1cc(Cl)c[nH]1)N1CCC(NCc2cn[nH]c2-c2ccc(Cl)cc2)CC1. The number of likely N-dealkylation sites (tertiary alicyclic amines) is 1. The summed E-state index contributed by atoms with van der Waals surface area (Å²) >= 11 is 11.9. The van der Waals surface area contributed by atoms with Crippen molar-refractivity contribution in [1.82, 2.24) is 25.4 Å². The first kappa shape index (κ1) is 19.1. The van der Waals surface area contributed by atoms with Crippen LogP contribution in [0.2, 0.25) is 10.0 Å². The second-order valence-electron chi connectivity index (χ2n) is 6.96. The molecule has 1 aromatic carbocycles. The molecule has 146 valence electrons. The Morgan fingerprint density at radius 1 is 1.18 bits per heavy atom. The molecule has 1 saturated heterocycles. The molecule has 0 atom stereocenters. The fraction of sp³-hybridized carbons (Fsp3) is 0.300. The molecule has 0 bridgehead atoms. The maximum atomic E-state index is 12.5. The topological polar surface area (TPSA) is 76.8 Å². The number of piperidine rings is 1. The van der Waals surface area contributed by atoms with Gasteiger partial charge in [-0.25, -0.2) is 0 Å². The zero-order chi connectivity index (χ0) is 19.5. The third kappa shape index (κ3) is 4.24. The monoisotopic (exact) mass is 417 g/mol. The van der Waals surface area contributed by atoms with E-state index in [1.54, 1.807) is 12.3 Å². The quantitative estimate of drug-likeness (QED) is 0.584. The Bertz CT molecular complexity index is 942. The van der Waals surface area contributed by atoms with E-state index < -0.39 is 0 Å². The lowest BCUT2D eigenvalue weighted by Crippen LogP contribution is -2.44. The van der Waals surface area contributed by atoms with E-state index in [-0.39, 0.29) is 5.91 Å². The zero-order valence-corrected chi connectivity index (χ0v) is 16.7. The van der Waals surface area contributed by atoms with Crippen LogP contribution in [0.3, 0.4) is 0 Å². The van der Waals surface area contributed by atoms with Crippen LogP contribution in [0, 0.1) is 0 Å². The number of benzene rings is 1. The number of nitrogens with zero attached hydrogens (tertiary/aromatic N) is 2. The highest BCUT2D eigenvalue weighted by Gasteiger charge is 2.24. The molecule has 28 heavy (non-hydrogen) atoms. The standard InChI is InChI=1S/C20H21Cl2N5O/c21-15-3-1-13(2-4-15)19-14(11-25-26-19)10-23-17-5-7-27(8-6-17)20(28)18-9-16(22)12-24-18/h1-4,9,11-12,17,23-24H,5-8,10H2,(H,25,26). The molecule has 0 unspecified atom stereocenters. The van der Waals surface area contributed by atoms with Gasteiger partial charge in [0.05, 0.1) is 16.9 Å². The van der Waals surface area contributed by atoms with Gasteiger partial charge in [0.2, 0.25) is 0 Å². The molecule has 0 saturated carbocycles. The van der Waals surface area contributed by atoms with Gasteiger partial charge in [-0.05, 0) is 36.6 Å². The maximum absolute atomic E-state index is 12.5. The van der Waals surface area contributed by atoms with E-state index in [4.69, 9.17) is 23.2 Å². The van der Waals surface area contributed by atoms with Gasteiger partial charge >= 0.3 is 0 Å². The van der Waals surface area contributed by atoms with E-state index in [0.29, 0.717) is 21.8 Å². The van der Waals surface area contributed by atoms with Crippen molar-refractivity contribution < 1.29 is 4.79 Å². The van der Waals surface area contributed by atoms with E-state index >= 15 is 0 Å². The summed E-state index contributed by atoms with van der Waals surface area (Å²) in [5.41, 5.74) is 3.72. The van der Waals surface area contributed by atoms with Crippen molar-refractivity contribution in [3.05, 3.63) is 64.0 Å². The van der Waals surface area contributed by atoms with Gasteiger partial charge < -0.3 is 15.2 Å². The molecule has 1 fully saturated rings. The van der Waals surface area contributed by atoms with Gasteiger partial charge in [0.15, 0.2) is 0 Å². The molecule has 1 aliphatic heterocycles. The lowest BCUT2D eigenvalue weighted by molar-refractivity contribution is 0.0699. The number of carbonyl (C=O) groups excluding carboxylic acids is 1. The summed E-state index contributed by atoms with van der Waals surface area (Å²) in [5.74, 6) is 0.00482. The van der Waals surface area contributed by atoms with Gasteiger partial charge in [0.1, 0.15) is 5.69 Å². The number of aromatic amines is 2. The molecule has 0 radical (unpaired) electrons. The highest BCUT2D eigenvalue weighted by Crippen LogP contribution is 2.23. The molecule has 0 spiro atoms. The van der Waals surface area contributed by atoms with Crippen LogP contribution in [0.1, 0.15) is 28.9 Å². The van der Waals surface area contributed by atoms with Crippen LogP contribution in [-0.2, 0) is 6.54 Å². The van der Waals surface area contributed by atoms with Crippen LogP contribution >= 0.6 is 23.2 Å². The van der Waals surface area contributed by atoms with Crippen molar-refractivity contribution in [2.45, 2.75) is 25.4 Å². The Morgan fingerprint density at radius 2 is 1.93 bits per heavy atom. The normalized spacial score (nSPS) is 15.1. The van der Waals surface area contributed by atoms with E-state index in [0.717, 1.165) is 49.3 Å². The second kappa shape index (κ2) is 8.39. The van der Waals surface area contributed by atoms with Crippen molar-refractivity contribution in [2.24, 2.45) is 0 Å². The molecule has 2 aromatic heterocycles. The second-order valence-corrected chi connectivity index (χ2v) is 7.83. The van der Waals surface area contributed by atoms with Gasteiger partial charge in [0, 0.05) is 42.5 Å². The number of H-pyrrole nitrogens is 2. The number of hydrogen-bond acceptors (Lipinski definition) is 3. The number of hydrogen-bond donors (Lipinski definition) is 3. The lowest BCUT2D eigenvalue weighted by Gasteiger charge is -2.32. The molecular formula is C20H21Cl2N5O. The number of carbonyl (C=O) groups is 1. The minimum atomic E-state index is 0.00482. The number of amides is 1. The fourth-order valence-corrected chi connectivity index (χ4v) is 3.80. The molecule has 0 aliphatic carbocycles. The predicted octanol–water partition coefficient (Wildman–Crippen LogP) is 4.11. The van der Waals surface area contributed by atoms with Crippen LogP contribution < -0.4 is 5.32 Å². The largest absolute Gasteiger partial charge is 0.356 e. The third-order valence-corrected chi connectivity index (χ3v) is 5.56. The van der Waals surface area contributed by atoms with Gasteiger partial charge in [-0.15, -0.1) is 0 Å². The summed E-state index contributed by atoms with van der Waals surface area (Å²) in [7, 11) is 0. The van der Waals surface area contributed by atoms with E-state index in [2.05, 4.69) is 20.5 Å². The van der Waals surface area contributed by atoms with Crippen molar-refractivity contribution in [3.63, 3.8) is 0 Å². The van der Waals surface area contributed by atoms with Gasteiger partial charge in [-0.2, -0.15) is 5.10 Å². The Labute approximate surface area is 173 Å². The number of halogens is 2. The van der Waals surface area contributed by atoms with Gasteiger partial charge in [-0.3, -0.25) is 9.89 Å². The minimum Gasteiger partial charge on any atom is -0.356 e. The Hall–Kier alpha value is -2.28. The highest BCUT2D eigenvalue weighted by molar-refractivity contribution is 6.31. The highest BCUT2D eigenvalue weighted by atomic mass is 35.5. The van der Waals surface area contributed by atoms with E-state index in [9.17, 15) is 4.79 Å². The Balaban J connectivity index is 1.31. The van der Waals surface area contributed by atoms with Crippen LogP contribution in [-0.4, -0.2) is 45.1 Å². The zero-order valence-electron chi connectivity index (χ0n) is 15.2. The summed E-state index contributed by atoms with van der Waals surface area (Å²) in [6.07, 6.45) is 5.31. The van der Waals surface area contributed by atoms with Crippen LogP contribution in [0.4, 0.5) is 0 Å². The summed E-state index contributed by atoms with van der Waals surface area (Å²) in [6.45, 7) is 2.17. The van der Waals surface area contributed by atoms with Crippen molar-refractivity contribution in [1.29, 1.82) is 0 Å². The first-order valence-electron chi connectivity index (χ1n) is 9.25. The smallest absolute Gasteiger partial charge is 0.270 e. The van der Waals surface area contributed by atoms with Crippen molar-refractivity contribution >= 4 is 29.1 Å². The molecule has 6 nitrogen and oxygen atoms in total. The average molecular weight is 418 g/mol. The maximum Gasteiger partial charge on any atom is 0.270 e. The lowest BCUT2D eigenvalue weighted by atomic mass is 10.0. The first-order valence-corrected chi connectivity index (χ1v) is 10.0. The minimum absolute atomic E-state index is 0.00482. The van der Waals surface area contributed by atoms with Gasteiger partial charge in [0.25, 0.3) is 5.91 Å². The Kier molecular flexibility index (Phi) is 5.71. The molecule has 8 heteroatoms.